The number of hydrogen-bond donors (Lipinski definition) is 0. The van der Waals surface area contributed by atoms with Crippen LogP contribution in [0, 0.1) is 0 Å². The standard InChI is InChI=1S/C7H3ClF12O/c8-21-1-3(11,12)5(15,16)7(19,20)6(17,18)4(13,14)2(9)10/h2H,1H2. The fourth-order valence-corrected chi connectivity index (χ4v) is 1.07. The summed E-state index contributed by atoms with van der Waals surface area (Å²) in [5.74, 6) is -35.4. The highest BCUT2D eigenvalue weighted by atomic mass is 35.5. The van der Waals surface area contributed by atoms with Gasteiger partial charge in [0.1, 0.15) is 6.61 Å². The molecule has 0 atom stereocenters. The largest absolute Gasteiger partial charge is 0.384 e. The van der Waals surface area contributed by atoms with Crippen LogP contribution in [0.3, 0.4) is 0 Å². The second-order valence-corrected chi connectivity index (χ2v) is 3.82. The van der Waals surface area contributed by atoms with Crippen LogP contribution in [0.5, 0.6) is 0 Å². The molecule has 0 saturated carbocycles. The maximum absolute atomic E-state index is 12.8. The van der Waals surface area contributed by atoms with Crippen molar-refractivity contribution in [2.24, 2.45) is 0 Å². The zero-order valence-corrected chi connectivity index (χ0v) is 9.86. The van der Waals surface area contributed by atoms with Crippen LogP contribution in [-0.2, 0) is 4.29 Å². The van der Waals surface area contributed by atoms with Gasteiger partial charge in [0, 0.05) is 0 Å². The molecule has 0 rings (SSSR count). The topological polar surface area (TPSA) is 9.23 Å². The lowest BCUT2D eigenvalue weighted by Gasteiger charge is -2.38. The lowest BCUT2D eigenvalue weighted by atomic mass is 9.95. The minimum atomic E-state index is -7.54. The first-order valence-electron chi connectivity index (χ1n) is 4.41. The van der Waals surface area contributed by atoms with Gasteiger partial charge >= 0.3 is 36.0 Å². The van der Waals surface area contributed by atoms with Crippen LogP contribution < -0.4 is 0 Å². The summed E-state index contributed by atoms with van der Waals surface area (Å²) in [6, 6.07) is 0. The first kappa shape index (κ1) is 20.4. The van der Waals surface area contributed by atoms with Crippen molar-refractivity contribution in [3.8, 4) is 0 Å². The Labute approximate surface area is 113 Å². The fraction of sp³-hybridized carbons (Fsp3) is 1.00. The average molecular weight is 367 g/mol. The van der Waals surface area contributed by atoms with E-state index < -0.39 is 42.6 Å². The summed E-state index contributed by atoms with van der Waals surface area (Å²) in [5.41, 5.74) is 0. The van der Waals surface area contributed by atoms with Crippen LogP contribution in [0.1, 0.15) is 0 Å². The predicted molar refractivity (Wildman–Crippen MR) is 42.5 cm³/mol. The molecule has 0 aromatic rings. The Hall–Kier alpha value is -0.590. The Kier molecular flexibility index (Phi) is 5.40. The van der Waals surface area contributed by atoms with Gasteiger partial charge < -0.3 is 0 Å². The summed E-state index contributed by atoms with van der Waals surface area (Å²) < 4.78 is 152. The van der Waals surface area contributed by atoms with Crippen molar-refractivity contribution in [1.29, 1.82) is 0 Å². The van der Waals surface area contributed by atoms with Crippen molar-refractivity contribution < 1.29 is 57.0 Å². The summed E-state index contributed by atoms with van der Waals surface area (Å²) in [5, 5.41) is 0. The molecule has 0 heterocycles. The molecule has 21 heavy (non-hydrogen) atoms. The molecule has 0 N–H and O–H groups in total. The number of rotatable bonds is 7. The van der Waals surface area contributed by atoms with Gasteiger partial charge in [-0.15, -0.1) is 0 Å². The average Bonchev–Trinajstić information content (AvgIpc) is 2.27. The first-order chi connectivity index (χ1) is 9.00. The molecule has 0 radical (unpaired) electrons. The molecule has 0 saturated heterocycles. The maximum atomic E-state index is 12.8. The van der Waals surface area contributed by atoms with E-state index in [2.05, 4.69) is 16.2 Å². The third-order valence-electron chi connectivity index (χ3n) is 2.18. The molecule has 0 aromatic heterocycles. The molecule has 0 unspecified atom stereocenters. The van der Waals surface area contributed by atoms with E-state index in [9.17, 15) is 52.7 Å². The Morgan fingerprint density at radius 3 is 1.38 bits per heavy atom. The molecule has 0 bridgehead atoms. The van der Waals surface area contributed by atoms with Gasteiger partial charge in [0.25, 0.3) is 0 Å². The minimum Gasteiger partial charge on any atom is -0.273 e. The highest BCUT2D eigenvalue weighted by Crippen LogP contribution is 2.58. The summed E-state index contributed by atoms with van der Waals surface area (Å²) in [6.07, 6.45) is -5.52. The molecule has 0 aliphatic carbocycles. The van der Waals surface area contributed by atoms with Crippen molar-refractivity contribution in [3.63, 3.8) is 0 Å². The first-order valence-corrected chi connectivity index (χ1v) is 4.72. The Morgan fingerprint density at radius 2 is 1.10 bits per heavy atom. The van der Waals surface area contributed by atoms with E-state index in [-0.39, 0.29) is 0 Å². The quantitative estimate of drug-likeness (QED) is 0.599. The molecule has 14 heteroatoms. The Balaban J connectivity index is 5.96. The summed E-state index contributed by atoms with van der Waals surface area (Å²) >= 11 is 4.08. The van der Waals surface area contributed by atoms with E-state index in [1.54, 1.807) is 0 Å². The molecule has 0 fully saturated rings. The molecular weight excluding hydrogens is 364 g/mol. The molecular formula is C7H3ClF12O. The second kappa shape index (κ2) is 5.56. The van der Waals surface area contributed by atoms with Crippen molar-refractivity contribution >= 4 is 11.9 Å². The van der Waals surface area contributed by atoms with Crippen LogP contribution in [0.15, 0.2) is 0 Å². The highest BCUT2D eigenvalue weighted by molar-refractivity contribution is 6.07. The lowest BCUT2D eigenvalue weighted by molar-refractivity contribution is -0.414. The van der Waals surface area contributed by atoms with E-state index >= 15 is 0 Å². The van der Waals surface area contributed by atoms with Crippen LogP contribution in [0.25, 0.3) is 0 Å². The number of alkyl halides is 12. The smallest absolute Gasteiger partial charge is 0.273 e. The van der Waals surface area contributed by atoms with E-state index in [1.807, 2.05) is 0 Å². The summed E-state index contributed by atoms with van der Waals surface area (Å²) in [4.78, 5) is 0. The monoisotopic (exact) mass is 366 g/mol. The SMILES string of the molecule is FC(F)C(F)(F)C(F)(F)C(F)(F)C(F)(F)C(F)(F)COCl. The maximum Gasteiger partial charge on any atom is 0.384 e. The number of halogens is 13. The molecule has 0 amide bonds. The van der Waals surface area contributed by atoms with Crippen molar-refractivity contribution in [1.82, 2.24) is 0 Å². The van der Waals surface area contributed by atoms with Gasteiger partial charge in [-0.3, -0.25) is 4.29 Å². The van der Waals surface area contributed by atoms with E-state index in [4.69, 9.17) is 0 Å². The third kappa shape index (κ3) is 2.85. The van der Waals surface area contributed by atoms with Crippen LogP contribution in [0.4, 0.5) is 52.7 Å². The van der Waals surface area contributed by atoms with E-state index in [0.717, 1.165) is 0 Å². The molecule has 0 spiro atoms. The van der Waals surface area contributed by atoms with Crippen molar-refractivity contribution in [2.75, 3.05) is 6.61 Å². The van der Waals surface area contributed by atoms with E-state index in [1.165, 1.54) is 0 Å². The Bertz CT molecular complexity index is 367. The van der Waals surface area contributed by atoms with Crippen LogP contribution >= 0.6 is 11.9 Å². The van der Waals surface area contributed by atoms with Gasteiger partial charge in [-0.2, -0.15) is 43.9 Å². The van der Waals surface area contributed by atoms with Gasteiger partial charge in [0.05, 0.1) is 11.9 Å². The second-order valence-electron chi connectivity index (χ2n) is 3.60. The molecule has 128 valence electrons. The van der Waals surface area contributed by atoms with Gasteiger partial charge in [-0.1, -0.05) is 0 Å². The minimum absolute atomic E-state index is 2.77. The normalized spacial score (nSPS) is 15.7. The van der Waals surface area contributed by atoms with Gasteiger partial charge in [-0.25, -0.2) is 8.78 Å². The Morgan fingerprint density at radius 1 is 0.714 bits per heavy atom. The zero-order chi connectivity index (χ0) is 17.5. The fourth-order valence-electron chi connectivity index (χ4n) is 0.932. The molecule has 1 nitrogen and oxygen atoms in total. The zero-order valence-electron chi connectivity index (χ0n) is 9.11. The van der Waals surface area contributed by atoms with Gasteiger partial charge in [0.2, 0.25) is 0 Å². The molecule has 0 aliphatic heterocycles. The van der Waals surface area contributed by atoms with Crippen molar-refractivity contribution in [3.05, 3.63) is 0 Å². The van der Waals surface area contributed by atoms with Crippen molar-refractivity contribution in [2.45, 2.75) is 36.0 Å². The third-order valence-corrected chi connectivity index (χ3v) is 2.29. The van der Waals surface area contributed by atoms with Gasteiger partial charge in [0.15, 0.2) is 0 Å². The molecule has 0 aliphatic rings. The van der Waals surface area contributed by atoms with Crippen LogP contribution in [0.2, 0.25) is 0 Å². The van der Waals surface area contributed by atoms with E-state index in [0.29, 0.717) is 0 Å². The summed E-state index contributed by atoms with van der Waals surface area (Å²) in [7, 11) is 0. The predicted octanol–water partition coefficient (Wildman–Crippen LogP) is 4.60. The lowest BCUT2D eigenvalue weighted by Crippen LogP contribution is -2.69. The van der Waals surface area contributed by atoms with Gasteiger partial charge in [-0.05, 0) is 0 Å². The molecule has 0 aromatic carbocycles. The summed E-state index contributed by atoms with van der Waals surface area (Å²) in [6.45, 7) is -2.77. The number of hydrogen-bond acceptors (Lipinski definition) is 1. The van der Waals surface area contributed by atoms with Crippen LogP contribution in [-0.4, -0.2) is 42.6 Å². The highest BCUT2D eigenvalue weighted by Gasteiger charge is 2.87.